The summed E-state index contributed by atoms with van der Waals surface area (Å²) >= 11 is 0. The standard InChI is InChI=1S/C19H15F4N5O/c1-29-18-14-10-26-17(16-24-4-2-5-25-16)27-15(14)3-6-28(18)13-8-11(19(21,22)23)7-12(20)9-13/h2,4-5,7-10,18H,3,6H2,1H3. The lowest BCUT2D eigenvalue weighted by molar-refractivity contribution is -0.137. The molecule has 0 aliphatic carbocycles. The highest BCUT2D eigenvalue weighted by Crippen LogP contribution is 2.37. The SMILES string of the molecule is COC1c2cnc(-c3ncccn3)nc2CCN1c1cc(F)cc(C(F)(F)F)c1. The Labute approximate surface area is 163 Å². The maximum absolute atomic E-state index is 13.9. The van der Waals surface area contributed by atoms with Crippen molar-refractivity contribution in [1.82, 2.24) is 19.9 Å². The van der Waals surface area contributed by atoms with Crippen molar-refractivity contribution in [2.24, 2.45) is 0 Å². The van der Waals surface area contributed by atoms with Crippen molar-refractivity contribution in [2.45, 2.75) is 18.8 Å². The summed E-state index contributed by atoms with van der Waals surface area (Å²) in [4.78, 5) is 18.5. The second-order valence-corrected chi connectivity index (χ2v) is 6.40. The predicted octanol–water partition coefficient (Wildman–Crippen LogP) is 3.80. The number of fused-ring (bicyclic) bond motifs is 1. The third-order valence-electron chi connectivity index (χ3n) is 4.57. The zero-order valence-corrected chi connectivity index (χ0v) is 15.2. The van der Waals surface area contributed by atoms with E-state index in [0.717, 1.165) is 12.1 Å². The molecule has 0 bridgehead atoms. The van der Waals surface area contributed by atoms with Gasteiger partial charge in [0.1, 0.15) is 5.82 Å². The fourth-order valence-corrected chi connectivity index (χ4v) is 3.29. The molecule has 6 nitrogen and oxygen atoms in total. The second-order valence-electron chi connectivity index (χ2n) is 6.40. The normalized spacial score (nSPS) is 16.6. The van der Waals surface area contributed by atoms with Gasteiger partial charge < -0.3 is 9.64 Å². The van der Waals surface area contributed by atoms with Crippen LogP contribution in [-0.2, 0) is 17.3 Å². The molecule has 0 saturated carbocycles. The van der Waals surface area contributed by atoms with Crippen LogP contribution < -0.4 is 4.90 Å². The van der Waals surface area contributed by atoms with Crippen LogP contribution in [0.3, 0.4) is 0 Å². The molecule has 0 amide bonds. The topological polar surface area (TPSA) is 64.0 Å². The van der Waals surface area contributed by atoms with Crippen LogP contribution in [-0.4, -0.2) is 33.6 Å². The van der Waals surface area contributed by atoms with Gasteiger partial charge in [-0.2, -0.15) is 13.2 Å². The van der Waals surface area contributed by atoms with Crippen molar-refractivity contribution in [1.29, 1.82) is 0 Å². The largest absolute Gasteiger partial charge is 0.416 e. The van der Waals surface area contributed by atoms with Crippen molar-refractivity contribution in [2.75, 3.05) is 18.6 Å². The Morgan fingerprint density at radius 1 is 1.07 bits per heavy atom. The fraction of sp³-hybridized carbons (Fsp3) is 0.263. The van der Waals surface area contributed by atoms with E-state index in [0.29, 0.717) is 41.9 Å². The Balaban J connectivity index is 1.71. The van der Waals surface area contributed by atoms with E-state index in [4.69, 9.17) is 4.74 Å². The summed E-state index contributed by atoms with van der Waals surface area (Å²) in [5, 5.41) is 0. The molecule has 0 radical (unpaired) electrons. The maximum Gasteiger partial charge on any atom is 0.416 e. The molecule has 150 valence electrons. The molecule has 4 rings (SSSR count). The third-order valence-corrected chi connectivity index (χ3v) is 4.57. The summed E-state index contributed by atoms with van der Waals surface area (Å²) in [5.41, 5.74) is 0.292. The first-order valence-electron chi connectivity index (χ1n) is 8.67. The van der Waals surface area contributed by atoms with Gasteiger partial charge in [0.2, 0.25) is 0 Å². The monoisotopic (exact) mass is 405 g/mol. The van der Waals surface area contributed by atoms with E-state index in [1.165, 1.54) is 7.11 Å². The summed E-state index contributed by atoms with van der Waals surface area (Å²) in [7, 11) is 1.42. The molecule has 0 N–H and O–H groups in total. The minimum Gasteiger partial charge on any atom is -0.357 e. The molecule has 1 aromatic carbocycles. The van der Waals surface area contributed by atoms with E-state index in [1.807, 2.05) is 0 Å². The average Bonchev–Trinajstić information content (AvgIpc) is 2.72. The first kappa shape index (κ1) is 19.2. The van der Waals surface area contributed by atoms with E-state index in [-0.39, 0.29) is 5.69 Å². The van der Waals surface area contributed by atoms with Crippen molar-refractivity contribution in [3.63, 3.8) is 0 Å². The number of rotatable bonds is 3. The fourth-order valence-electron chi connectivity index (χ4n) is 3.29. The highest BCUT2D eigenvalue weighted by molar-refractivity contribution is 5.54. The molecular weight excluding hydrogens is 390 g/mol. The van der Waals surface area contributed by atoms with E-state index >= 15 is 0 Å². The minimum atomic E-state index is -4.65. The number of alkyl halides is 3. The van der Waals surface area contributed by atoms with Crippen LogP contribution >= 0.6 is 0 Å². The second kappa shape index (κ2) is 7.36. The lowest BCUT2D eigenvalue weighted by Crippen LogP contribution is -2.37. The Morgan fingerprint density at radius 2 is 1.83 bits per heavy atom. The van der Waals surface area contributed by atoms with Gasteiger partial charge in [-0.05, 0) is 24.3 Å². The van der Waals surface area contributed by atoms with Gasteiger partial charge in [-0.1, -0.05) is 0 Å². The van der Waals surface area contributed by atoms with Crippen LogP contribution in [0.5, 0.6) is 0 Å². The van der Waals surface area contributed by atoms with Crippen molar-refractivity contribution in [3.8, 4) is 11.6 Å². The van der Waals surface area contributed by atoms with Gasteiger partial charge in [0, 0.05) is 49.9 Å². The van der Waals surface area contributed by atoms with Gasteiger partial charge in [0.25, 0.3) is 0 Å². The van der Waals surface area contributed by atoms with Gasteiger partial charge >= 0.3 is 6.18 Å². The molecule has 1 atom stereocenters. The van der Waals surface area contributed by atoms with Crippen molar-refractivity contribution in [3.05, 3.63) is 65.5 Å². The number of nitrogens with zero attached hydrogens (tertiary/aromatic N) is 5. The summed E-state index contributed by atoms with van der Waals surface area (Å²) in [5.74, 6) is -0.257. The molecule has 3 heterocycles. The number of benzene rings is 1. The molecule has 2 aromatic heterocycles. The summed E-state index contributed by atoms with van der Waals surface area (Å²) in [6, 6.07) is 4.11. The highest BCUT2D eigenvalue weighted by atomic mass is 19.4. The number of methoxy groups -OCH3 is 1. The van der Waals surface area contributed by atoms with E-state index in [2.05, 4.69) is 19.9 Å². The molecule has 0 saturated heterocycles. The first-order valence-corrected chi connectivity index (χ1v) is 8.67. The maximum atomic E-state index is 13.9. The smallest absolute Gasteiger partial charge is 0.357 e. The molecule has 0 fully saturated rings. The lowest BCUT2D eigenvalue weighted by Gasteiger charge is -2.37. The summed E-state index contributed by atoms with van der Waals surface area (Å²) in [6.07, 6.45) is -0.304. The van der Waals surface area contributed by atoms with Crippen molar-refractivity contribution < 1.29 is 22.3 Å². The van der Waals surface area contributed by atoms with Crippen LogP contribution in [0.25, 0.3) is 11.6 Å². The van der Waals surface area contributed by atoms with Gasteiger partial charge in [-0.15, -0.1) is 0 Å². The van der Waals surface area contributed by atoms with Gasteiger partial charge in [0.05, 0.1) is 11.3 Å². The highest BCUT2D eigenvalue weighted by Gasteiger charge is 2.34. The van der Waals surface area contributed by atoms with Gasteiger partial charge in [-0.25, -0.2) is 24.3 Å². The number of anilines is 1. The van der Waals surface area contributed by atoms with Crippen LogP contribution in [0, 0.1) is 5.82 Å². The molecule has 1 aliphatic heterocycles. The number of hydrogen-bond donors (Lipinski definition) is 0. The molecule has 10 heteroatoms. The van der Waals surface area contributed by atoms with Crippen molar-refractivity contribution >= 4 is 5.69 Å². The molecule has 1 aliphatic rings. The number of ether oxygens (including phenoxy) is 1. The van der Waals surface area contributed by atoms with Gasteiger partial charge in [-0.3, -0.25) is 0 Å². The van der Waals surface area contributed by atoms with E-state index in [9.17, 15) is 17.6 Å². The number of halogens is 4. The van der Waals surface area contributed by atoms with E-state index in [1.54, 1.807) is 29.6 Å². The average molecular weight is 405 g/mol. The van der Waals surface area contributed by atoms with Crippen LogP contribution in [0.1, 0.15) is 23.0 Å². The zero-order chi connectivity index (χ0) is 20.6. The first-order chi connectivity index (χ1) is 13.9. The Hall–Kier alpha value is -3.14. The predicted molar refractivity (Wildman–Crippen MR) is 95.3 cm³/mol. The third kappa shape index (κ3) is 3.75. The molecule has 3 aromatic rings. The number of aromatic nitrogens is 4. The minimum absolute atomic E-state index is 0.0743. The summed E-state index contributed by atoms with van der Waals surface area (Å²) < 4.78 is 58.7. The quantitative estimate of drug-likeness (QED) is 0.618. The molecule has 1 unspecified atom stereocenters. The Morgan fingerprint density at radius 3 is 2.52 bits per heavy atom. The molecule has 29 heavy (non-hydrogen) atoms. The summed E-state index contributed by atoms with van der Waals surface area (Å²) in [6.45, 7) is 0.290. The van der Waals surface area contributed by atoms with Crippen LogP contribution in [0.15, 0.2) is 42.9 Å². The van der Waals surface area contributed by atoms with Crippen LogP contribution in [0.4, 0.5) is 23.2 Å². The lowest BCUT2D eigenvalue weighted by atomic mass is 10.0. The number of hydrogen-bond acceptors (Lipinski definition) is 6. The molecular formula is C19H15F4N5O. The zero-order valence-electron chi connectivity index (χ0n) is 15.2. The van der Waals surface area contributed by atoms with Gasteiger partial charge in [0.15, 0.2) is 17.9 Å². The van der Waals surface area contributed by atoms with Crippen LogP contribution in [0.2, 0.25) is 0 Å². The Bertz CT molecular complexity index is 1030. The van der Waals surface area contributed by atoms with E-state index < -0.39 is 23.8 Å². The molecule has 0 spiro atoms. The Kier molecular flexibility index (Phi) is 4.87.